The summed E-state index contributed by atoms with van der Waals surface area (Å²) in [6.07, 6.45) is -3.17. The molecule has 41 heavy (non-hydrogen) atoms. The standard InChI is InChI=1S/C30H40F4N4O3/c1-4-22(18-35-23-12-14-24(15-13-23)38-16-8-11-21(19-38)28(40)41)36-27(39)25(17-29(2,3)31)37-26(30(32,33)34)20-9-6-5-7-10-20/h5-7,9-10,12-15,21-22,25-26,35,37H,4,8,11,16-19H2,1-3H3,(H,36,39)(H,40,41)/t21-,22-,25-,26-/m0/s1. The number of carbonyl (C=O) groups excluding carboxylic acids is 1. The van der Waals surface area contributed by atoms with Crippen LogP contribution in [0.1, 0.15) is 58.1 Å². The zero-order valence-electron chi connectivity index (χ0n) is 23.7. The van der Waals surface area contributed by atoms with Crippen molar-refractivity contribution in [2.45, 2.75) is 76.4 Å². The van der Waals surface area contributed by atoms with Crippen molar-refractivity contribution in [2.24, 2.45) is 5.92 Å². The number of hydrogen-bond acceptors (Lipinski definition) is 5. The van der Waals surface area contributed by atoms with Crippen LogP contribution in [-0.4, -0.2) is 60.5 Å². The number of halogens is 4. The molecular formula is C30H40F4N4O3. The summed E-state index contributed by atoms with van der Waals surface area (Å²) in [5, 5.41) is 17.7. The Kier molecular flexibility index (Phi) is 11.0. The highest BCUT2D eigenvalue weighted by molar-refractivity contribution is 5.82. The lowest BCUT2D eigenvalue weighted by Crippen LogP contribution is -2.53. The molecule has 0 spiro atoms. The summed E-state index contributed by atoms with van der Waals surface area (Å²) < 4.78 is 56.5. The summed E-state index contributed by atoms with van der Waals surface area (Å²) in [6.45, 7) is 5.85. The van der Waals surface area contributed by atoms with E-state index in [9.17, 15) is 32.3 Å². The van der Waals surface area contributed by atoms with Gasteiger partial charge in [-0.1, -0.05) is 37.3 Å². The van der Waals surface area contributed by atoms with Crippen molar-refractivity contribution < 1.29 is 32.3 Å². The van der Waals surface area contributed by atoms with Gasteiger partial charge in [-0.25, -0.2) is 4.39 Å². The number of aliphatic carboxylic acids is 1. The Hall–Kier alpha value is -3.34. The van der Waals surface area contributed by atoms with Crippen LogP contribution in [0.15, 0.2) is 54.6 Å². The largest absolute Gasteiger partial charge is 0.481 e. The van der Waals surface area contributed by atoms with Gasteiger partial charge in [0.15, 0.2) is 0 Å². The number of carboxylic acid groups (broad SMARTS) is 1. The maximum Gasteiger partial charge on any atom is 0.407 e. The van der Waals surface area contributed by atoms with Gasteiger partial charge in [0.05, 0.1) is 12.0 Å². The number of alkyl halides is 4. The van der Waals surface area contributed by atoms with Gasteiger partial charge in [-0.3, -0.25) is 14.9 Å². The quantitative estimate of drug-likeness (QED) is 0.228. The van der Waals surface area contributed by atoms with Gasteiger partial charge in [0, 0.05) is 43.5 Å². The third kappa shape index (κ3) is 9.91. The zero-order valence-corrected chi connectivity index (χ0v) is 23.7. The smallest absolute Gasteiger partial charge is 0.407 e. The first-order valence-electron chi connectivity index (χ1n) is 14.0. The van der Waals surface area contributed by atoms with Gasteiger partial charge >= 0.3 is 12.1 Å². The van der Waals surface area contributed by atoms with Crippen molar-refractivity contribution in [1.82, 2.24) is 10.6 Å². The van der Waals surface area contributed by atoms with E-state index < -0.39 is 54.2 Å². The monoisotopic (exact) mass is 580 g/mol. The Balaban J connectivity index is 1.64. The maximum atomic E-state index is 14.6. The number of nitrogens with one attached hydrogen (secondary N) is 3. The fourth-order valence-corrected chi connectivity index (χ4v) is 4.98. The Bertz CT molecular complexity index is 1120. The predicted octanol–water partition coefficient (Wildman–Crippen LogP) is 5.69. The third-order valence-corrected chi connectivity index (χ3v) is 7.23. The van der Waals surface area contributed by atoms with E-state index in [1.54, 1.807) is 6.07 Å². The van der Waals surface area contributed by atoms with Crippen LogP contribution in [0.3, 0.4) is 0 Å². The molecule has 1 heterocycles. The molecule has 0 saturated carbocycles. The van der Waals surface area contributed by atoms with E-state index in [0.717, 1.165) is 24.3 Å². The van der Waals surface area contributed by atoms with E-state index in [2.05, 4.69) is 16.0 Å². The molecule has 2 aromatic carbocycles. The molecule has 0 aromatic heterocycles. The van der Waals surface area contributed by atoms with Gasteiger partial charge in [-0.2, -0.15) is 13.2 Å². The fourth-order valence-electron chi connectivity index (χ4n) is 4.98. The minimum absolute atomic E-state index is 0.0605. The van der Waals surface area contributed by atoms with Crippen LogP contribution in [0.2, 0.25) is 0 Å². The summed E-state index contributed by atoms with van der Waals surface area (Å²) >= 11 is 0. The summed E-state index contributed by atoms with van der Waals surface area (Å²) in [7, 11) is 0. The second-order valence-electron chi connectivity index (χ2n) is 11.2. The topological polar surface area (TPSA) is 93.7 Å². The van der Waals surface area contributed by atoms with Crippen LogP contribution in [-0.2, 0) is 9.59 Å². The minimum atomic E-state index is -4.69. The molecule has 0 aliphatic carbocycles. The van der Waals surface area contributed by atoms with E-state index in [0.29, 0.717) is 25.9 Å². The number of piperidine rings is 1. The molecule has 1 aliphatic heterocycles. The van der Waals surface area contributed by atoms with Crippen molar-refractivity contribution >= 4 is 23.3 Å². The van der Waals surface area contributed by atoms with Gasteiger partial charge in [-0.15, -0.1) is 0 Å². The molecule has 4 atom stereocenters. The summed E-state index contributed by atoms with van der Waals surface area (Å²) in [6, 6.07) is 10.7. The number of benzene rings is 2. The average Bonchev–Trinajstić information content (AvgIpc) is 2.92. The van der Waals surface area contributed by atoms with Crippen LogP contribution in [0, 0.1) is 5.92 Å². The first-order valence-corrected chi connectivity index (χ1v) is 14.0. The van der Waals surface area contributed by atoms with Crippen molar-refractivity contribution in [1.29, 1.82) is 0 Å². The van der Waals surface area contributed by atoms with Crippen LogP contribution in [0.4, 0.5) is 28.9 Å². The highest BCUT2D eigenvalue weighted by Crippen LogP contribution is 2.34. The third-order valence-electron chi connectivity index (χ3n) is 7.23. The number of rotatable bonds is 13. The lowest BCUT2D eigenvalue weighted by Gasteiger charge is -2.32. The SMILES string of the molecule is CC[C@@H](CNc1ccc(N2CCC[C@H](C(=O)O)C2)cc1)NC(=O)[C@H](CC(C)(C)F)N[C@@H](c1ccccc1)C(F)(F)F. The van der Waals surface area contributed by atoms with Crippen molar-refractivity contribution in [3.63, 3.8) is 0 Å². The Morgan fingerprint density at radius 3 is 2.27 bits per heavy atom. The molecule has 0 unspecified atom stereocenters. The Morgan fingerprint density at radius 1 is 1.05 bits per heavy atom. The molecule has 1 saturated heterocycles. The molecule has 226 valence electrons. The average molecular weight is 581 g/mol. The van der Waals surface area contributed by atoms with Crippen LogP contribution in [0.25, 0.3) is 0 Å². The van der Waals surface area contributed by atoms with E-state index in [1.165, 1.54) is 38.1 Å². The number of carboxylic acids is 1. The van der Waals surface area contributed by atoms with Crippen molar-refractivity contribution in [2.75, 3.05) is 29.9 Å². The minimum Gasteiger partial charge on any atom is -0.481 e. The summed E-state index contributed by atoms with van der Waals surface area (Å²) in [5.74, 6) is -1.89. The van der Waals surface area contributed by atoms with Gasteiger partial charge in [0.2, 0.25) is 5.91 Å². The molecule has 1 amide bonds. The number of anilines is 2. The molecule has 11 heteroatoms. The maximum absolute atomic E-state index is 14.6. The second-order valence-corrected chi connectivity index (χ2v) is 11.2. The Labute approximate surface area is 238 Å². The second kappa shape index (κ2) is 14.0. The van der Waals surface area contributed by atoms with E-state index in [4.69, 9.17) is 0 Å². The molecule has 3 rings (SSSR count). The van der Waals surface area contributed by atoms with E-state index in [1.807, 2.05) is 36.1 Å². The van der Waals surface area contributed by atoms with Crippen LogP contribution < -0.4 is 20.9 Å². The van der Waals surface area contributed by atoms with E-state index in [-0.39, 0.29) is 5.56 Å². The highest BCUT2D eigenvalue weighted by Gasteiger charge is 2.43. The van der Waals surface area contributed by atoms with E-state index >= 15 is 0 Å². The molecule has 0 radical (unpaired) electrons. The summed E-state index contributed by atoms with van der Waals surface area (Å²) in [4.78, 5) is 26.6. The normalized spacial score (nSPS) is 18.3. The highest BCUT2D eigenvalue weighted by atomic mass is 19.4. The van der Waals surface area contributed by atoms with Gasteiger partial charge in [0.1, 0.15) is 11.7 Å². The number of amides is 1. The molecule has 4 N–H and O–H groups in total. The number of carbonyl (C=O) groups is 2. The molecule has 7 nitrogen and oxygen atoms in total. The van der Waals surface area contributed by atoms with Gasteiger partial charge < -0.3 is 20.6 Å². The van der Waals surface area contributed by atoms with Crippen LogP contribution in [0.5, 0.6) is 0 Å². The van der Waals surface area contributed by atoms with Gasteiger partial charge in [-0.05, 0) is 62.9 Å². The summed E-state index contributed by atoms with van der Waals surface area (Å²) in [5.41, 5.74) is -0.256. The molecular weight excluding hydrogens is 540 g/mol. The number of hydrogen-bond donors (Lipinski definition) is 4. The molecule has 1 fully saturated rings. The van der Waals surface area contributed by atoms with Crippen molar-refractivity contribution in [3.8, 4) is 0 Å². The lowest BCUT2D eigenvalue weighted by atomic mass is 9.97. The first kappa shape index (κ1) is 32.2. The van der Waals surface area contributed by atoms with Crippen molar-refractivity contribution in [3.05, 3.63) is 60.2 Å². The number of nitrogens with zero attached hydrogens (tertiary/aromatic N) is 1. The lowest BCUT2D eigenvalue weighted by molar-refractivity contribution is -0.161. The Morgan fingerprint density at radius 2 is 1.71 bits per heavy atom. The predicted molar refractivity (Wildman–Crippen MR) is 152 cm³/mol. The van der Waals surface area contributed by atoms with Crippen LogP contribution >= 0.6 is 0 Å². The molecule has 1 aliphatic rings. The zero-order chi connectivity index (χ0) is 30.2. The molecule has 2 aromatic rings. The molecule has 0 bridgehead atoms. The van der Waals surface area contributed by atoms with Gasteiger partial charge in [0.25, 0.3) is 0 Å². The fraction of sp³-hybridized carbons (Fsp3) is 0.533. The first-order chi connectivity index (χ1) is 19.3.